The van der Waals surface area contributed by atoms with Gasteiger partial charge in [0.15, 0.2) is 0 Å². The molecule has 1 aromatic carbocycles. The smallest absolute Gasteiger partial charge is 0.0820 e. The van der Waals surface area contributed by atoms with E-state index in [9.17, 15) is 5.11 Å². The van der Waals surface area contributed by atoms with Gasteiger partial charge in [0.2, 0.25) is 0 Å². The molecule has 1 aliphatic rings. The van der Waals surface area contributed by atoms with Crippen molar-refractivity contribution in [3.05, 3.63) is 35.4 Å². The van der Waals surface area contributed by atoms with Gasteiger partial charge in [0.1, 0.15) is 0 Å². The summed E-state index contributed by atoms with van der Waals surface area (Å²) in [5.74, 6) is 0.370. The summed E-state index contributed by atoms with van der Waals surface area (Å²) in [7, 11) is 1.76. The van der Waals surface area contributed by atoms with E-state index in [1.54, 1.807) is 7.11 Å². The number of aliphatic hydroxyl groups excluding tert-OH is 1. The van der Waals surface area contributed by atoms with E-state index in [0.717, 1.165) is 31.2 Å². The summed E-state index contributed by atoms with van der Waals surface area (Å²) in [4.78, 5) is 0. The summed E-state index contributed by atoms with van der Waals surface area (Å²) in [5, 5.41) is 10.4. The van der Waals surface area contributed by atoms with Crippen molar-refractivity contribution in [3.63, 3.8) is 0 Å². The Bertz CT molecular complexity index is 398. The van der Waals surface area contributed by atoms with Crippen LogP contribution in [0.4, 0.5) is 0 Å². The Kier molecular flexibility index (Phi) is 4.08. The van der Waals surface area contributed by atoms with Crippen molar-refractivity contribution in [2.24, 2.45) is 5.92 Å². The minimum absolute atomic E-state index is 0.0866. The summed E-state index contributed by atoms with van der Waals surface area (Å²) in [6.45, 7) is 4.21. The number of aliphatic hydroxyl groups is 1. The standard InChI is InChI=1S/C16H24O2/c1-16(2,18-3)11-10-13-9-8-12-6-4-5-7-14(12)15(13)17/h4-7,13,15,17H,8-11H2,1-3H3. The van der Waals surface area contributed by atoms with Crippen molar-refractivity contribution in [2.45, 2.75) is 51.2 Å². The quantitative estimate of drug-likeness (QED) is 0.884. The molecule has 2 rings (SSSR count). The molecule has 2 heteroatoms. The molecule has 1 N–H and O–H groups in total. The predicted octanol–water partition coefficient (Wildman–Crippen LogP) is 3.49. The third kappa shape index (κ3) is 2.93. The van der Waals surface area contributed by atoms with Gasteiger partial charge in [-0.1, -0.05) is 24.3 Å². The van der Waals surface area contributed by atoms with Crippen molar-refractivity contribution < 1.29 is 9.84 Å². The maximum absolute atomic E-state index is 10.4. The number of ether oxygens (including phenoxy) is 1. The van der Waals surface area contributed by atoms with Crippen LogP contribution in [0.1, 0.15) is 50.3 Å². The first-order chi connectivity index (χ1) is 8.53. The van der Waals surface area contributed by atoms with Gasteiger partial charge in [-0.15, -0.1) is 0 Å². The first-order valence-electron chi connectivity index (χ1n) is 6.84. The van der Waals surface area contributed by atoms with Gasteiger partial charge in [-0.2, -0.15) is 0 Å². The lowest BCUT2D eigenvalue weighted by Crippen LogP contribution is -2.26. The van der Waals surface area contributed by atoms with Crippen LogP contribution in [0.5, 0.6) is 0 Å². The Morgan fingerprint density at radius 1 is 1.33 bits per heavy atom. The molecule has 1 aromatic rings. The van der Waals surface area contributed by atoms with Gasteiger partial charge in [-0.05, 0) is 56.6 Å². The highest BCUT2D eigenvalue weighted by Gasteiger charge is 2.29. The monoisotopic (exact) mass is 248 g/mol. The van der Waals surface area contributed by atoms with Crippen LogP contribution in [0.15, 0.2) is 24.3 Å². The zero-order chi connectivity index (χ0) is 13.2. The molecular formula is C16H24O2. The van der Waals surface area contributed by atoms with Crippen molar-refractivity contribution in [1.29, 1.82) is 0 Å². The third-order valence-corrected chi connectivity index (χ3v) is 4.27. The lowest BCUT2D eigenvalue weighted by Gasteiger charge is -2.32. The molecule has 1 aliphatic carbocycles. The summed E-state index contributed by atoms with van der Waals surface area (Å²) in [6, 6.07) is 8.27. The zero-order valence-electron chi connectivity index (χ0n) is 11.6. The third-order valence-electron chi connectivity index (χ3n) is 4.27. The molecule has 2 atom stereocenters. The van der Waals surface area contributed by atoms with Gasteiger partial charge in [0.25, 0.3) is 0 Å². The average molecular weight is 248 g/mol. The van der Waals surface area contributed by atoms with Crippen LogP contribution >= 0.6 is 0 Å². The molecule has 0 spiro atoms. The Hall–Kier alpha value is -0.860. The summed E-state index contributed by atoms with van der Waals surface area (Å²) < 4.78 is 5.45. The van der Waals surface area contributed by atoms with E-state index in [1.807, 2.05) is 6.07 Å². The number of methoxy groups -OCH3 is 1. The molecule has 0 fully saturated rings. The van der Waals surface area contributed by atoms with Crippen LogP contribution in [0.25, 0.3) is 0 Å². The van der Waals surface area contributed by atoms with Crippen molar-refractivity contribution in [2.75, 3.05) is 7.11 Å². The number of fused-ring (bicyclic) bond motifs is 1. The Labute approximate surface area is 110 Å². The maximum atomic E-state index is 10.4. The molecule has 0 amide bonds. The molecular weight excluding hydrogens is 224 g/mol. The van der Waals surface area contributed by atoms with E-state index in [-0.39, 0.29) is 11.7 Å². The van der Waals surface area contributed by atoms with E-state index in [4.69, 9.17) is 4.74 Å². The molecule has 100 valence electrons. The van der Waals surface area contributed by atoms with Crippen molar-refractivity contribution in [1.82, 2.24) is 0 Å². The van der Waals surface area contributed by atoms with E-state index >= 15 is 0 Å². The largest absolute Gasteiger partial charge is 0.388 e. The van der Waals surface area contributed by atoms with Gasteiger partial charge in [-0.25, -0.2) is 0 Å². The van der Waals surface area contributed by atoms with Gasteiger partial charge in [0.05, 0.1) is 11.7 Å². The number of hydrogen-bond donors (Lipinski definition) is 1. The Morgan fingerprint density at radius 3 is 2.78 bits per heavy atom. The second-order valence-electron chi connectivity index (χ2n) is 5.94. The molecule has 0 aliphatic heterocycles. The second kappa shape index (κ2) is 5.41. The molecule has 0 heterocycles. The molecule has 0 saturated heterocycles. The number of benzene rings is 1. The van der Waals surface area contributed by atoms with Gasteiger partial charge < -0.3 is 9.84 Å². The topological polar surface area (TPSA) is 29.5 Å². The molecule has 0 saturated carbocycles. The first-order valence-corrected chi connectivity index (χ1v) is 6.84. The molecule has 0 aromatic heterocycles. The highest BCUT2D eigenvalue weighted by molar-refractivity contribution is 5.31. The van der Waals surface area contributed by atoms with Crippen LogP contribution in [0.2, 0.25) is 0 Å². The molecule has 2 nitrogen and oxygen atoms in total. The molecule has 2 unspecified atom stereocenters. The fraction of sp³-hybridized carbons (Fsp3) is 0.625. The Morgan fingerprint density at radius 2 is 2.06 bits per heavy atom. The van der Waals surface area contributed by atoms with E-state index in [2.05, 4.69) is 32.0 Å². The minimum Gasteiger partial charge on any atom is -0.388 e. The lowest BCUT2D eigenvalue weighted by atomic mass is 9.78. The van der Waals surface area contributed by atoms with Gasteiger partial charge in [0, 0.05) is 7.11 Å². The van der Waals surface area contributed by atoms with E-state index in [1.165, 1.54) is 5.56 Å². The van der Waals surface area contributed by atoms with Gasteiger partial charge >= 0.3 is 0 Å². The fourth-order valence-electron chi connectivity index (χ4n) is 2.74. The zero-order valence-corrected chi connectivity index (χ0v) is 11.6. The fourth-order valence-corrected chi connectivity index (χ4v) is 2.74. The highest BCUT2D eigenvalue weighted by atomic mass is 16.5. The van der Waals surface area contributed by atoms with Crippen LogP contribution in [-0.2, 0) is 11.2 Å². The first kappa shape index (κ1) is 13.6. The Balaban J connectivity index is 2.01. The maximum Gasteiger partial charge on any atom is 0.0820 e. The molecule has 18 heavy (non-hydrogen) atoms. The normalized spacial score (nSPS) is 23.8. The number of rotatable bonds is 4. The van der Waals surface area contributed by atoms with Gasteiger partial charge in [-0.3, -0.25) is 0 Å². The van der Waals surface area contributed by atoms with E-state index in [0.29, 0.717) is 5.92 Å². The predicted molar refractivity (Wildman–Crippen MR) is 73.5 cm³/mol. The van der Waals surface area contributed by atoms with Crippen LogP contribution < -0.4 is 0 Å². The van der Waals surface area contributed by atoms with Crippen molar-refractivity contribution in [3.8, 4) is 0 Å². The van der Waals surface area contributed by atoms with E-state index < -0.39 is 0 Å². The minimum atomic E-state index is -0.303. The van der Waals surface area contributed by atoms with Crippen LogP contribution in [0, 0.1) is 5.92 Å². The highest BCUT2D eigenvalue weighted by Crippen LogP contribution is 2.37. The second-order valence-corrected chi connectivity index (χ2v) is 5.94. The van der Waals surface area contributed by atoms with Crippen molar-refractivity contribution >= 4 is 0 Å². The summed E-state index contributed by atoms with van der Waals surface area (Å²) in [6.07, 6.45) is 3.88. The number of aryl methyl sites for hydroxylation is 1. The number of hydrogen-bond acceptors (Lipinski definition) is 2. The summed E-state index contributed by atoms with van der Waals surface area (Å²) >= 11 is 0. The summed E-state index contributed by atoms with van der Waals surface area (Å²) in [5.41, 5.74) is 2.35. The molecule has 0 radical (unpaired) electrons. The average Bonchev–Trinajstić information content (AvgIpc) is 2.38. The van der Waals surface area contributed by atoms with Crippen LogP contribution in [-0.4, -0.2) is 17.8 Å². The lowest BCUT2D eigenvalue weighted by molar-refractivity contribution is 0.0000739. The van der Waals surface area contributed by atoms with Crippen LogP contribution in [0.3, 0.4) is 0 Å². The SMILES string of the molecule is COC(C)(C)CCC1CCc2ccccc2C1O. The molecule has 0 bridgehead atoms.